The van der Waals surface area contributed by atoms with Crippen molar-refractivity contribution in [1.29, 1.82) is 0 Å². The zero-order valence-corrected chi connectivity index (χ0v) is 12.1. The number of anilines is 1. The van der Waals surface area contributed by atoms with Gasteiger partial charge in [0, 0.05) is 19.1 Å². The average molecular weight is 267 g/mol. The van der Waals surface area contributed by atoms with Gasteiger partial charge in [-0.3, -0.25) is 0 Å². The molecular weight excluding hydrogens is 244 g/mol. The zero-order chi connectivity index (χ0) is 13.1. The number of halogens is 1. The van der Waals surface area contributed by atoms with E-state index < -0.39 is 0 Å². The normalized spacial score (nSPS) is 18.7. The number of benzene rings is 1. The van der Waals surface area contributed by atoms with Gasteiger partial charge in [0.25, 0.3) is 0 Å². The van der Waals surface area contributed by atoms with Crippen LogP contribution in [0.25, 0.3) is 0 Å². The number of hydrogen-bond donors (Lipinski definition) is 1. The van der Waals surface area contributed by atoms with Crippen molar-refractivity contribution in [2.75, 3.05) is 11.9 Å². The molecule has 0 radical (unpaired) electrons. The SMILES string of the molecule is CC(N)c1ccc(N(C)C2CCCCC2)c(Cl)c1. The second-order valence-electron chi connectivity index (χ2n) is 5.40. The van der Waals surface area contributed by atoms with Crippen molar-refractivity contribution in [2.45, 2.75) is 51.1 Å². The van der Waals surface area contributed by atoms with Crippen LogP contribution in [0.15, 0.2) is 18.2 Å². The Hall–Kier alpha value is -0.730. The van der Waals surface area contributed by atoms with Crippen LogP contribution in [0, 0.1) is 0 Å². The molecule has 0 heterocycles. The van der Waals surface area contributed by atoms with Gasteiger partial charge in [0.1, 0.15) is 0 Å². The number of rotatable bonds is 3. The lowest BCUT2D eigenvalue weighted by Crippen LogP contribution is -2.33. The van der Waals surface area contributed by atoms with Crippen molar-refractivity contribution in [1.82, 2.24) is 0 Å². The summed E-state index contributed by atoms with van der Waals surface area (Å²) in [6, 6.07) is 6.87. The highest BCUT2D eigenvalue weighted by molar-refractivity contribution is 6.33. The lowest BCUT2D eigenvalue weighted by Gasteiger charge is -2.33. The van der Waals surface area contributed by atoms with Crippen LogP contribution < -0.4 is 10.6 Å². The van der Waals surface area contributed by atoms with E-state index in [0.29, 0.717) is 6.04 Å². The Kier molecular flexibility index (Phi) is 4.52. The predicted octanol–water partition coefficient (Wildman–Crippen LogP) is 4.13. The highest BCUT2D eigenvalue weighted by Gasteiger charge is 2.20. The summed E-state index contributed by atoms with van der Waals surface area (Å²) in [5, 5.41) is 0.817. The Morgan fingerprint density at radius 3 is 2.50 bits per heavy atom. The summed E-state index contributed by atoms with van der Waals surface area (Å²) in [5.74, 6) is 0. The molecule has 0 bridgehead atoms. The third-order valence-electron chi connectivity index (χ3n) is 4.00. The van der Waals surface area contributed by atoms with Crippen LogP contribution in [0.1, 0.15) is 50.6 Å². The summed E-state index contributed by atoms with van der Waals surface area (Å²) in [5.41, 5.74) is 8.11. The van der Waals surface area contributed by atoms with E-state index >= 15 is 0 Å². The fourth-order valence-electron chi connectivity index (χ4n) is 2.76. The summed E-state index contributed by atoms with van der Waals surface area (Å²) >= 11 is 6.39. The molecule has 2 rings (SSSR count). The lowest BCUT2D eigenvalue weighted by atomic mass is 9.94. The molecule has 2 N–H and O–H groups in total. The Morgan fingerprint density at radius 2 is 1.94 bits per heavy atom. The Morgan fingerprint density at radius 1 is 1.28 bits per heavy atom. The molecule has 2 nitrogen and oxygen atoms in total. The first kappa shape index (κ1) is 13.7. The van der Waals surface area contributed by atoms with Crippen molar-refractivity contribution in [3.63, 3.8) is 0 Å². The van der Waals surface area contributed by atoms with Gasteiger partial charge in [-0.25, -0.2) is 0 Å². The van der Waals surface area contributed by atoms with Crippen LogP contribution in [0.2, 0.25) is 5.02 Å². The molecule has 1 fully saturated rings. The molecule has 100 valence electrons. The molecule has 0 aliphatic heterocycles. The minimum Gasteiger partial charge on any atom is -0.370 e. The third kappa shape index (κ3) is 2.99. The van der Waals surface area contributed by atoms with E-state index in [4.69, 9.17) is 17.3 Å². The second-order valence-corrected chi connectivity index (χ2v) is 5.81. The Labute approximate surface area is 115 Å². The first-order valence-electron chi connectivity index (χ1n) is 6.87. The van der Waals surface area contributed by atoms with Crippen LogP contribution in [0.5, 0.6) is 0 Å². The summed E-state index contributed by atoms with van der Waals surface area (Å²) in [7, 11) is 2.16. The van der Waals surface area contributed by atoms with Crippen LogP contribution in [0.4, 0.5) is 5.69 Å². The lowest BCUT2D eigenvalue weighted by molar-refractivity contribution is 0.427. The third-order valence-corrected chi connectivity index (χ3v) is 4.30. The van der Waals surface area contributed by atoms with Crippen molar-refractivity contribution in [3.05, 3.63) is 28.8 Å². The first-order valence-corrected chi connectivity index (χ1v) is 7.25. The van der Waals surface area contributed by atoms with Crippen molar-refractivity contribution >= 4 is 17.3 Å². The molecule has 1 aromatic carbocycles. The smallest absolute Gasteiger partial charge is 0.0642 e. The molecule has 18 heavy (non-hydrogen) atoms. The minimum atomic E-state index is 0.0385. The molecule has 1 unspecified atom stereocenters. The van der Waals surface area contributed by atoms with Gasteiger partial charge in [0.05, 0.1) is 10.7 Å². The topological polar surface area (TPSA) is 29.3 Å². The van der Waals surface area contributed by atoms with E-state index in [2.05, 4.69) is 24.1 Å². The van der Waals surface area contributed by atoms with Gasteiger partial charge in [-0.2, -0.15) is 0 Å². The minimum absolute atomic E-state index is 0.0385. The zero-order valence-electron chi connectivity index (χ0n) is 11.3. The van der Waals surface area contributed by atoms with Gasteiger partial charge in [0.2, 0.25) is 0 Å². The van der Waals surface area contributed by atoms with Crippen molar-refractivity contribution in [2.24, 2.45) is 5.73 Å². The quantitative estimate of drug-likeness (QED) is 0.891. The predicted molar refractivity (Wildman–Crippen MR) is 79.3 cm³/mol. The van der Waals surface area contributed by atoms with Gasteiger partial charge in [-0.1, -0.05) is 36.9 Å². The maximum atomic E-state index is 6.39. The molecule has 1 aliphatic rings. The van der Waals surface area contributed by atoms with Crippen LogP contribution >= 0.6 is 11.6 Å². The monoisotopic (exact) mass is 266 g/mol. The molecule has 1 saturated carbocycles. The fourth-order valence-corrected chi connectivity index (χ4v) is 3.08. The average Bonchev–Trinajstić information content (AvgIpc) is 2.38. The molecule has 1 atom stereocenters. The molecule has 0 aromatic heterocycles. The van der Waals surface area contributed by atoms with Gasteiger partial charge >= 0.3 is 0 Å². The highest BCUT2D eigenvalue weighted by Crippen LogP contribution is 2.32. The molecule has 3 heteroatoms. The van der Waals surface area contributed by atoms with E-state index in [0.717, 1.165) is 16.3 Å². The van der Waals surface area contributed by atoms with Crippen LogP contribution in [0.3, 0.4) is 0 Å². The molecular formula is C15H23ClN2. The summed E-state index contributed by atoms with van der Waals surface area (Å²) in [4.78, 5) is 2.34. The van der Waals surface area contributed by atoms with Crippen molar-refractivity contribution in [3.8, 4) is 0 Å². The molecule has 0 saturated heterocycles. The van der Waals surface area contributed by atoms with Crippen molar-refractivity contribution < 1.29 is 0 Å². The van der Waals surface area contributed by atoms with Gasteiger partial charge < -0.3 is 10.6 Å². The molecule has 1 aromatic rings. The fraction of sp³-hybridized carbons (Fsp3) is 0.600. The summed E-state index contributed by atoms with van der Waals surface area (Å²) in [6.45, 7) is 1.98. The molecule has 0 spiro atoms. The number of hydrogen-bond acceptors (Lipinski definition) is 2. The summed E-state index contributed by atoms with van der Waals surface area (Å²) in [6.07, 6.45) is 6.61. The number of nitrogens with two attached hydrogens (primary N) is 1. The van der Waals surface area contributed by atoms with E-state index in [9.17, 15) is 0 Å². The maximum absolute atomic E-state index is 6.39. The van der Waals surface area contributed by atoms with E-state index in [1.54, 1.807) is 0 Å². The van der Waals surface area contributed by atoms with Crippen LogP contribution in [-0.4, -0.2) is 13.1 Å². The largest absolute Gasteiger partial charge is 0.370 e. The Bertz CT molecular complexity index is 397. The van der Waals surface area contributed by atoms with Gasteiger partial charge in [-0.05, 0) is 37.5 Å². The number of nitrogens with zero attached hydrogens (tertiary/aromatic N) is 1. The van der Waals surface area contributed by atoms with Gasteiger partial charge in [0.15, 0.2) is 0 Å². The van der Waals surface area contributed by atoms with Crippen LogP contribution in [-0.2, 0) is 0 Å². The first-order chi connectivity index (χ1) is 8.59. The van der Waals surface area contributed by atoms with E-state index in [-0.39, 0.29) is 6.04 Å². The summed E-state index contributed by atoms with van der Waals surface area (Å²) < 4.78 is 0. The second kappa shape index (κ2) is 5.94. The molecule has 0 amide bonds. The van der Waals surface area contributed by atoms with E-state index in [1.807, 2.05) is 13.0 Å². The highest BCUT2D eigenvalue weighted by atomic mass is 35.5. The standard InChI is InChI=1S/C15H23ClN2/c1-11(17)12-8-9-15(14(16)10-12)18(2)13-6-4-3-5-7-13/h8-11,13H,3-7,17H2,1-2H3. The molecule has 1 aliphatic carbocycles. The Balaban J connectivity index is 2.16. The van der Waals surface area contributed by atoms with Gasteiger partial charge in [-0.15, -0.1) is 0 Å². The maximum Gasteiger partial charge on any atom is 0.0642 e. The van der Waals surface area contributed by atoms with E-state index in [1.165, 1.54) is 32.1 Å².